The van der Waals surface area contributed by atoms with Gasteiger partial charge in [-0.1, -0.05) is 146 Å². The molecule has 0 spiro atoms. The van der Waals surface area contributed by atoms with Crippen LogP contribution in [0.5, 0.6) is 23.0 Å². The lowest BCUT2D eigenvalue weighted by atomic mass is 9.98. The van der Waals surface area contributed by atoms with Crippen LogP contribution >= 0.6 is 45.3 Å². The molecule has 0 saturated carbocycles. The van der Waals surface area contributed by atoms with Gasteiger partial charge in [0, 0.05) is 127 Å². The molecule has 0 radical (unpaired) electrons. The normalized spacial score (nSPS) is 17.3. The fourth-order valence-corrected chi connectivity index (χ4v) is 19.4. The molecule has 17 N–H and O–H groups in total. The number of carbonyl (C=O) groups excluding carboxylic acids is 8. The molecule has 0 saturated heterocycles. The van der Waals surface area contributed by atoms with Gasteiger partial charge in [-0.2, -0.15) is 0 Å². The molecule has 4 atom stereocenters. The van der Waals surface area contributed by atoms with Crippen molar-refractivity contribution in [3.8, 4) is 45.3 Å². The lowest BCUT2D eigenvalue weighted by molar-refractivity contribution is -0.129. The maximum atomic E-state index is 14.4. The molecule has 4 aromatic heterocycles. The van der Waals surface area contributed by atoms with Gasteiger partial charge in [0.15, 0.2) is 15.4 Å². The first-order valence-electron chi connectivity index (χ1n) is 41.3. The largest absolute Gasteiger partial charge is 0.508 e. The molecule has 8 aromatic carbocycles. The Labute approximate surface area is 741 Å². The topological polar surface area (TPSA) is 448 Å². The van der Waals surface area contributed by atoms with Gasteiger partial charge in [0.05, 0.1) is 18.1 Å². The van der Waals surface area contributed by atoms with Gasteiger partial charge < -0.3 is 89.2 Å². The van der Waals surface area contributed by atoms with Gasteiger partial charge in [-0.05, 0) is 139 Å². The number of benzene rings is 8. The third kappa shape index (κ3) is 22.4. The Kier molecular flexibility index (Phi) is 28.2. The van der Waals surface area contributed by atoms with Crippen LogP contribution in [-0.2, 0) is 96.0 Å². The molecule has 16 bridgehead atoms. The zero-order chi connectivity index (χ0) is 87.7. The number of phenols is 4. The Morgan fingerprint density at radius 3 is 1.08 bits per heavy atom. The number of amides is 8. The number of nitrogens with two attached hydrogens (primary N) is 2. The molecule has 648 valence electrons. The number of carbonyl (C=O) groups is 8. The molecule has 0 unspecified atom stereocenters. The first-order valence-corrected chi connectivity index (χ1v) is 44.6. The van der Waals surface area contributed by atoms with E-state index < -0.39 is 84.9 Å². The number of alkyl carbamates (subject to hydrolysis) is 2. The number of phenolic OH excluding ortho intramolecular Hbond substituents is 4. The van der Waals surface area contributed by atoms with Crippen LogP contribution in [0.15, 0.2) is 195 Å². The van der Waals surface area contributed by atoms with Crippen molar-refractivity contribution in [1.29, 1.82) is 0 Å². The van der Waals surface area contributed by atoms with Crippen LogP contribution < -0.4 is 59.3 Å². The summed E-state index contributed by atoms with van der Waals surface area (Å²) in [6, 6.07) is 45.9. The fraction of sp³-hybridized carbons (Fsp3) is 0.269. The summed E-state index contributed by atoms with van der Waals surface area (Å²) in [4.78, 5) is 132. The molecule has 3 aliphatic rings. The Morgan fingerprint density at radius 2 is 0.722 bits per heavy atom. The van der Waals surface area contributed by atoms with E-state index in [0.29, 0.717) is 98.8 Å². The molecule has 1 aliphatic heterocycles. The van der Waals surface area contributed by atoms with Gasteiger partial charge >= 0.3 is 12.2 Å². The van der Waals surface area contributed by atoms with Gasteiger partial charge in [-0.25, -0.2) is 29.5 Å². The summed E-state index contributed by atoms with van der Waals surface area (Å²) in [6.07, 6.45) is 8.81. The number of primary amides is 2. The highest BCUT2D eigenvalue weighted by atomic mass is 32.1. The van der Waals surface area contributed by atoms with Gasteiger partial charge in [0.1, 0.15) is 60.4 Å². The first kappa shape index (κ1) is 87.2. The average Bonchev–Trinajstić information content (AvgIpc) is 1.62. The zero-order valence-corrected chi connectivity index (χ0v) is 71.6. The van der Waals surface area contributed by atoms with Crippen LogP contribution in [0, 0.1) is 0 Å². The second kappa shape index (κ2) is 40.7. The number of hydrogen-bond donors (Lipinski definition) is 15. The van der Waals surface area contributed by atoms with Crippen LogP contribution in [0.3, 0.4) is 0 Å². The Hall–Kier alpha value is -13.8. The molecule has 12 aromatic rings. The number of nitrogens with one attached hydrogen (secondary N) is 9. The predicted octanol–water partition coefficient (Wildman–Crippen LogP) is 10.9. The molecule has 0 fully saturated rings. The molecule has 33 heteroatoms. The van der Waals surface area contributed by atoms with Crippen LogP contribution in [0.25, 0.3) is 22.3 Å². The van der Waals surface area contributed by atoms with Gasteiger partial charge in [0.2, 0.25) is 35.4 Å². The van der Waals surface area contributed by atoms with Crippen LogP contribution in [-0.4, -0.2) is 158 Å². The second-order valence-corrected chi connectivity index (χ2v) is 35.7. The molecule has 5 heterocycles. The van der Waals surface area contributed by atoms with Crippen LogP contribution in [0.4, 0.5) is 25.0 Å². The van der Waals surface area contributed by atoms with Crippen molar-refractivity contribution in [2.75, 3.05) is 61.9 Å². The minimum absolute atomic E-state index is 0.000598. The number of thiazole rings is 4. The highest BCUT2D eigenvalue weighted by molar-refractivity contribution is 7.16. The summed E-state index contributed by atoms with van der Waals surface area (Å²) in [7, 11) is 0. The highest BCUT2D eigenvalue weighted by Crippen LogP contribution is 2.46. The first-order chi connectivity index (χ1) is 61.1. The van der Waals surface area contributed by atoms with E-state index in [9.17, 15) is 58.8 Å². The van der Waals surface area contributed by atoms with Gasteiger partial charge in [0.25, 0.3) is 0 Å². The summed E-state index contributed by atoms with van der Waals surface area (Å²) in [5.41, 5.74) is 24.3. The van der Waals surface area contributed by atoms with Crippen molar-refractivity contribution in [2.24, 2.45) is 11.5 Å². The molecular weight excluding hydrogens is 1680 g/mol. The lowest BCUT2D eigenvalue weighted by Gasteiger charge is -2.21. The SMILES string of the molecule is NC(=O)[C@@H]1Cc2ccc(O)c(c2)Cc2cnc(s2)NCCCNc2ncc(s2)Cc2cc(ccc2O)C[C@@H](C(N)=O)NC(=O)CNC(=O)[C@@H](NC(=O)OCC2c3ccccc3-c3ccccc32)Cc2ccc(O)c(c2)Cc2cnc(s2)NCCCCc2ncc(s2)Cc2cc(ccc2O)C[C@H](NC(=O)OCC2c3ccccc3-c3ccccc32)C(=O)NCC(=O)N1. The minimum atomic E-state index is -1.31. The molecule has 29 nitrogen and oxygen atoms in total. The molecule has 15 rings (SSSR count). The zero-order valence-electron chi connectivity index (χ0n) is 68.3. The summed E-state index contributed by atoms with van der Waals surface area (Å²) >= 11 is 5.71. The summed E-state index contributed by atoms with van der Waals surface area (Å²) < 4.78 is 11.8. The summed E-state index contributed by atoms with van der Waals surface area (Å²) in [5, 5.41) is 73.6. The van der Waals surface area contributed by atoms with Gasteiger partial charge in [-0.15, -0.1) is 45.3 Å². The Balaban J connectivity index is 0.625. The second-order valence-electron chi connectivity index (χ2n) is 31.1. The van der Waals surface area contributed by atoms with Crippen molar-refractivity contribution in [1.82, 2.24) is 51.8 Å². The number of hydrogen-bond acceptors (Lipinski definition) is 25. The van der Waals surface area contributed by atoms with E-state index in [-0.39, 0.29) is 93.0 Å². The van der Waals surface area contributed by atoms with E-state index in [1.807, 2.05) is 97.1 Å². The van der Waals surface area contributed by atoms with Crippen LogP contribution in [0.1, 0.15) is 122 Å². The van der Waals surface area contributed by atoms with E-state index in [4.69, 9.17) is 25.9 Å². The number of ether oxygens (including phenoxy) is 2. The van der Waals surface area contributed by atoms with E-state index in [1.165, 1.54) is 69.6 Å². The maximum absolute atomic E-state index is 14.4. The highest BCUT2D eigenvalue weighted by Gasteiger charge is 2.34. The van der Waals surface area contributed by atoms with Crippen molar-refractivity contribution >= 4 is 108 Å². The predicted molar refractivity (Wildman–Crippen MR) is 482 cm³/mol. The molecule has 126 heavy (non-hydrogen) atoms. The Bertz CT molecular complexity index is 5560. The third-order valence-corrected chi connectivity index (χ3v) is 26.1. The smallest absolute Gasteiger partial charge is 0.407 e. The van der Waals surface area contributed by atoms with E-state index in [1.54, 1.807) is 73.3 Å². The number of anilines is 3. The molecule has 8 amide bonds. The molecule has 2 aliphatic carbocycles. The monoisotopic (exact) mass is 1770 g/mol. The third-order valence-electron chi connectivity index (χ3n) is 22.2. The van der Waals surface area contributed by atoms with E-state index in [0.717, 1.165) is 81.9 Å². The molecular formula is C93H93N15O14S4. The van der Waals surface area contributed by atoms with Crippen molar-refractivity contribution in [2.45, 2.75) is 113 Å². The van der Waals surface area contributed by atoms with E-state index in [2.05, 4.69) is 62.8 Å². The minimum Gasteiger partial charge on any atom is -0.508 e. The number of fused-ring (bicyclic) bond motifs is 22. The number of rotatable bonds is 8. The quantitative estimate of drug-likeness (QED) is 0.0672. The lowest BCUT2D eigenvalue weighted by Crippen LogP contribution is -2.52. The number of aryl methyl sites for hydroxylation is 1. The van der Waals surface area contributed by atoms with Crippen molar-refractivity contribution < 1.29 is 68.3 Å². The van der Waals surface area contributed by atoms with E-state index >= 15 is 0 Å². The Morgan fingerprint density at radius 1 is 0.397 bits per heavy atom. The number of aromatic nitrogens is 4. The van der Waals surface area contributed by atoms with Crippen molar-refractivity contribution in [3.63, 3.8) is 0 Å². The van der Waals surface area contributed by atoms with Crippen LogP contribution in [0.2, 0.25) is 0 Å². The van der Waals surface area contributed by atoms with Crippen molar-refractivity contribution in [3.05, 3.63) is 286 Å². The summed E-state index contributed by atoms with van der Waals surface area (Å²) in [5.74, 6) is -5.25. The average molecular weight is 1770 g/mol. The summed E-state index contributed by atoms with van der Waals surface area (Å²) in [6.45, 7) is 0.365. The standard InChI is InChI=1S/C93H93N15O14S4/c94-85(115)74-36-52-21-25-79(110)57(32-52)41-62-46-103-90(125-62)97-30-11-31-98-91-104-47-63(126-91)42-58-33-53(22-26-80(58)111)37-75(86(95)116)106-83(114)49-101-88(118)77(108-93(120)122-51-73-70-18-7-3-14-66(70)67-15-4-8-19-71(67)73)39-55-24-28-81(112)59(35-55)43-61-45-102-89(124-61)96-29-10-9-20-84-99-44-60(123-84)40-56-34-54(23-27-78(56)109)38-76(87(117)100-48-82(113)105-74)107-92(119)121-50-72-68-16-5-1-12-64(68)65-13-2-6-17-69(65)72/h1-8,12-19,21-28,32-35,44-47,72-77,109-112H,9-11,20,29-31,36-43,48-51H2,(H2,94,115)(H2,95,116)(H,96,102)(H,97,103)(H,98,104)(H,100,117)(H,101,118)(H,105,113)(H,106,114)(H,107,119)(H,108,120)/t74-,75-,76-,77-/m0/s1. The number of aromatic hydroxyl groups is 4. The maximum Gasteiger partial charge on any atom is 0.407 e. The van der Waals surface area contributed by atoms with Gasteiger partial charge in [-0.3, -0.25) is 28.8 Å². The number of nitrogens with zero attached hydrogens (tertiary/aromatic N) is 4. The fourth-order valence-electron chi connectivity index (χ4n) is 15.9.